The predicted octanol–water partition coefficient (Wildman–Crippen LogP) is -0.0257. The molecule has 122 valence electrons. The number of carbonyl (C=O) groups is 1. The molecule has 1 fully saturated rings. The standard InChI is InChI=1S/C15H19N5O3/c1-10-7-20(15(23)18-14(10)22)9-12(21)19-6-2-3-11(8-19)13-16-4-5-17-13/h4-5,7,11H,2-3,6,8-9H2,1H3,(H,16,17)(H,18,22,23)/t11-/m1/s1. The second-order valence-electron chi connectivity index (χ2n) is 5.85. The molecule has 0 radical (unpaired) electrons. The van der Waals surface area contributed by atoms with Crippen LogP contribution in [0, 0.1) is 6.92 Å². The number of amides is 1. The van der Waals surface area contributed by atoms with Crippen LogP contribution >= 0.6 is 0 Å². The van der Waals surface area contributed by atoms with E-state index in [1.165, 1.54) is 10.8 Å². The largest absolute Gasteiger partial charge is 0.348 e. The summed E-state index contributed by atoms with van der Waals surface area (Å²) in [7, 11) is 0. The molecule has 0 saturated carbocycles. The van der Waals surface area contributed by atoms with Crippen LogP contribution in [0.15, 0.2) is 28.2 Å². The number of H-pyrrole nitrogens is 2. The van der Waals surface area contributed by atoms with E-state index < -0.39 is 11.2 Å². The number of carbonyl (C=O) groups excluding carboxylic acids is 1. The third kappa shape index (κ3) is 3.25. The summed E-state index contributed by atoms with van der Waals surface area (Å²) in [5, 5.41) is 0. The summed E-state index contributed by atoms with van der Waals surface area (Å²) in [6.45, 7) is 2.80. The van der Waals surface area contributed by atoms with E-state index in [1.807, 2.05) is 0 Å². The summed E-state index contributed by atoms with van der Waals surface area (Å²) in [5.41, 5.74) is -0.576. The fourth-order valence-corrected chi connectivity index (χ4v) is 2.91. The normalized spacial score (nSPS) is 18.1. The predicted molar refractivity (Wildman–Crippen MR) is 83.2 cm³/mol. The van der Waals surface area contributed by atoms with Crippen molar-refractivity contribution in [2.24, 2.45) is 0 Å². The maximum Gasteiger partial charge on any atom is 0.328 e. The van der Waals surface area contributed by atoms with E-state index >= 15 is 0 Å². The van der Waals surface area contributed by atoms with Gasteiger partial charge in [0.2, 0.25) is 5.91 Å². The first-order valence-corrected chi connectivity index (χ1v) is 7.62. The molecule has 1 saturated heterocycles. The lowest BCUT2D eigenvalue weighted by Gasteiger charge is -2.32. The summed E-state index contributed by atoms with van der Waals surface area (Å²) in [6.07, 6.45) is 6.79. The number of piperidine rings is 1. The first-order valence-electron chi connectivity index (χ1n) is 7.62. The highest BCUT2D eigenvalue weighted by atomic mass is 16.2. The minimum Gasteiger partial charge on any atom is -0.348 e. The lowest BCUT2D eigenvalue weighted by Crippen LogP contribution is -2.43. The molecule has 3 heterocycles. The van der Waals surface area contributed by atoms with Crippen LogP contribution in [-0.4, -0.2) is 43.4 Å². The smallest absolute Gasteiger partial charge is 0.328 e. The molecule has 0 bridgehead atoms. The van der Waals surface area contributed by atoms with Crippen LogP contribution in [-0.2, 0) is 11.3 Å². The van der Waals surface area contributed by atoms with E-state index in [-0.39, 0.29) is 18.4 Å². The zero-order valence-electron chi connectivity index (χ0n) is 12.9. The molecule has 23 heavy (non-hydrogen) atoms. The molecular weight excluding hydrogens is 298 g/mol. The Hall–Kier alpha value is -2.64. The van der Waals surface area contributed by atoms with Crippen molar-refractivity contribution in [1.29, 1.82) is 0 Å². The first-order chi connectivity index (χ1) is 11.0. The fraction of sp³-hybridized carbons (Fsp3) is 0.467. The molecule has 0 aliphatic carbocycles. The molecule has 0 unspecified atom stereocenters. The third-order valence-electron chi connectivity index (χ3n) is 4.17. The van der Waals surface area contributed by atoms with Gasteiger partial charge in [0.25, 0.3) is 5.56 Å². The van der Waals surface area contributed by atoms with E-state index in [2.05, 4.69) is 15.0 Å². The number of aromatic nitrogens is 4. The summed E-state index contributed by atoms with van der Waals surface area (Å²) >= 11 is 0. The molecule has 1 aliphatic rings. The highest BCUT2D eigenvalue weighted by Crippen LogP contribution is 2.24. The summed E-state index contributed by atoms with van der Waals surface area (Å²) < 4.78 is 1.25. The number of hydrogen-bond donors (Lipinski definition) is 2. The number of hydrogen-bond acceptors (Lipinski definition) is 4. The zero-order valence-corrected chi connectivity index (χ0v) is 12.9. The van der Waals surface area contributed by atoms with Crippen molar-refractivity contribution in [2.75, 3.05) is 13.1 Å². The highest BCUT2D eigenvalue weighted by molar-refractivity contribution is 5.76. The van der Waals surface area contributed by atoms with Crippen molar-refractivity contribution in [3.63, 3.8) is 0 Å². The van der Waals surface area contributed by atoms with E-state index in [0.29, 0.717) is 18.7 Å². The van der Waals surface area contributed by atoms with Crippen LogP contribution in [0.2, 0.25) is 0 Å². The van der Waals surface area contributed by atoms with Gasteiger partial charge >= 0.3 is 5.69 Å². The summed E-state index contributed by atoms with van der Waals surface area (Å²) in [5.74, 6) is 0.950. The number of nitrogens with one attached hydrogen (secondary N) is 2. The van der Waals surface area contributed by atoms with Crippen molar-refractivity contribution < 1.29 is 4.79 Å². The average molecular weight is 317 g/mol. The van der Waals surface area contributed by atoms with Gasteiger partial charge in [0, 0.05) is 43.2 Å². The number of aromatic amines is 2. The maximum absolute atomic E-state index is 12.5. The quantitative estimate of drug-likeness (QED) is 0.830. The van der Waals surface area contributed by atoms with Crippen molar-refractivity contribution in [3.8, 4) is 0 Å². The fourth-order valence-electron chi connectivity index (χ4n) is 2.91. The molecule has 3 rings (SSSR count). The molecule has 1 amide bonds. The Morgan fingerprint density at radius 3 is 3.00 bits per heavy atom. The van der Waals surface area contributed by atoms with E-state index in [0.717, 1.165) is 18.7 Å². The van der Waals surface area contributed by atoms with Crippen molar-refractivity contribution in [2.45, 2.75) is 32.2 Å². The van der Waals surface area contributed by atoms with E-state index in [9.17, 15) is 14.4 Å². The SMILES string of the molecule is Cc1cn(CC(=O)N2CCC[C@@H](c3ncc[nH]3)C2)c(=O)[nH]c1=O. The lowest BCUT2D eigenvalue weighted by molar-refractivity contribution is -0.133. The van der Waals surface area contributed by atoms with Crippen LogP contribution < -0.4 is 11.2 Å². The third-order valence-corrected chi connectivity index (χ3v) is 4.17. The molecule has 0 spiro atoms. The minimum absolute atomic E-state index is 0.0681. The summed E-state index contributed by atoms with van der Waals surface area (Å²) in [4.78, 5) is 47.0. The Morgan fingerprint density at radius 1 is 1.43 bits per heavy atom. The van der Waals surface area contributed by atoms with E-state index in [1.54, 1.807) is 24.2 Å². The number of likely N-dealkylation sites (tertiary alicyclic amines) is 1. The topological polar surface area (TPSA) is 104 Å². The van der Waals surface area contributed by atoms with E-state index in [4.69, 9.17) is 0 Å². The summed E-state index contributed by atoms with van der Waals surface area (Å²) in [6, 6.07) is 0. The van der Waals surface area contributed by atoms with Gasteiger partial charge in [0.15, 0.2) is 0 Å². The second-order valence-corrected chi connectivity index (χ2v) is 5.85. The second kappa shape index (κ2) is 6.23. The molecule has 8 nitrogen and oxygen atoms in total. The minimum atomic E-state index is -0.562. The molecule has 2 aromatic rings. The zero-order chi connectivity index (χ0) is 16.4. The highest BCUT2D eigenvalue weighted by Gasteiger charge is 2.26. The van der Waals surface area contributed by atoms with Gasteiger partial charge in [-0.15, -0.1) is 0 Å². The van der Waals surface area contributed by atoms with Gasteiger partial charge in [-0.2, -0.15) is 0 Å². The Morgan fingerprint density at radius 2 is 2.26 bits per heavy atom. The lowest BCUT2D eigenvalue weighted by atomic mass is 9.97. The number of rotatable bonds is 3. The molecule has 1 aliphatic heterocycles. The number of aryl methyl sites for hydroxylation is 1. The maximum atomic E-state index is 12.5. The molecule has 2 N–H and O–H groups in total. The van der Waals surface area contributed by atoms with Crippen LogP contribution in [0.3, 0.4) is 0 Å². The average Bonchev–Trinajstić information content (AvgIpc) is 3.07. The van der Waals surface area contributed by atoms with Gasteiger partial charge in [-0.05, 0) is 19.8 Å². The van der Waals surface area contributed by atoms with Crippen LogP contribution in [0.4, 0.5) is 0 Å². The van der Waals surface area contributed by atoms with Crippen LogP contribution in [0.25, 0.3) is 0 Å². The van der Waals surface area contributed by atoms with Crippen molar-refractivity contribution in [1.82, 2.24) is 24.4 Å². The molecular formula is C15H19N5O3. The van der Waals surface area contributed by atoms with Crippen molar-refractivity contribution >= 4 is 5.91 Å². The van der Waals surface area contributed by atoms with Gasteiger partial charge < -0.3 is 9.88 Å². The van der Waals surface area contributed by atoms with Gasteiger partial charge in [-0.25, -0.2) is 9.78 Å². The van der Waals surface area contributed by atoms with Gasteiger partial charge in [-0.1, -0.05) is 0 Å². The van der Waals surface area contributed by atoms with Gasteiger partial charge in [-0.3, -0.25) is 19.1 Å². The van der Waals surface area contributed by atoms with Gasteiger partial charge in [0.1, 0.15) is 12.4 Å². The Labute approximate surface area is 132 Å². The molecule has 1 atom stereocenters. The number of imidazole rings is 1. The number of nitrogens with zero attached hydrogens (tertiary/aromatic N) is 3. The Bertz CT molecular complexity index is 805. The Kier molecular flexibility index (Phi) is 4.14. The van der Waals surface area contributed by atoms with Crippen LogP contribution in [0.5, 0.6) is 0 Å². The molecule has 2 aromatic heterocycles. The molecule has 8 heteroatoms. The monoisotopic (exact) mass is 317 g/mol. The molecule has 0 aromatic carbocycles. The van der Waals surface area contributed by atoms with Crippen LogP contribution in [0.1, 0.15) is 30.1 Å². The first kappa shape index (κ1) is 15.3. The van der Waals surface area contributed by atoms with Gasteiger partial charge in [0.05, 0.1) is 0 Å². The Balaban J connectivity index is 1.72. The van der Waals surface area contributed by atoms with Crippen molar-refractivity contribution in [3.05, 3.63) is 50.8 Å².